The molecule has 2 N–H and O–H groups in total. The van der Waals surface area contributed by atoms with Gasteiger partial charge in [-0.05, 0) is 30.7 Å². The monoisotopic (exact) mass is 438 g/mol. The van der Waals surface area contributed by atoms with Gasteiger partial charge in [-0.3, -0.25) is 9.63 Å². The summed E-state index contributed by atoms with van der Waals surface area (Å²) in [5.74, 6) is -1.92. The summed E-state index contributed by atoms with van der Waals surface area (Å²) in [6.45, 7) is 4.11. The number of hydrogen-bond acceptors (Lipinski definition) is 4. The number of ether oxygens (including phenoxy) is 1. The minimum Gasteiger partial charge on any atom is -0.490 e. The number of halogens is 3. The zero-order valence-electron chi connectivity index (χ0n) is 14.3. The molecule has 0 saturated heterocycles. The van der Waals surface area contributed by atoms with Gasteiger partial charge in [-0.2, -0.15) is 0 Å². The number of hydrogen-bond donors (Lipinski definition) is 2. The fourth-order valence-corrected chi connectivity index (χ4v) is 2.96. The Bertz CT molecular complexity index is 890. The summed E-state index contributed by atoms with van der Waals surface area (Å²) in [5.41, 5.74) is 2.68. The third-order valence-corrected chi connectivity index (χ3v) is 4.43. The lowest BCUT2D eigenvalue weighted by Gasteiger charge is -2.16. The zero-order valence-corrected chi connectivity index (χ0v) is 15.9. The molecule has 1 aliphatic heterocycles. The highest BCUT2D eigenvalue weighted by molar-refractivity contribution is 9.10. The zero-order chi connectivity index (χ0) is 19.4. The van der Waals surface area contributed by atoms with Crippen LogP contribution >= 0.6 is 15.9 Å². The maximum absolute atomic E-state index is 15.0. The van der Waals surface area contributed by atoms with Crippen LogP contribution in [0.4, 0.5) is 20.2 Å². The largest absolute Gasteiger partial charge is 0.490 e. The summed E-state index contributed by atoms with van der Waals surface area (Å²) in [5, 5.41) is 2.67. The molecule has 0 fully saturated rings. The van der Waals surface area contributed by atoms with E-state index in [9.17, 15) is 13.6 Å². The molecule has 1 aliphatic rings. The third-order valence-electron chi connectivity index (χ3n) is 3.94. The highest BCUT2D eigenvalue weighted by Crippen LogP contribution is 2.38. The number of amides is 1. The van der Waals surface area contributed by atoms with E-state index in [1.807, 2.05) is 0 Å². The van der Waals surface area contributed by atoms with Crippen LogP contribution in [0.1, 0.15) is 22.3 Å². The Hall–Kier alpha value is -2.45. The number of fused-ring (bicyclic) bond motifs is 1. The second-order valence-corrected chi connectivity index (χ2v) is 6.72. The maximum atomic E-state index is 15.0. The van der Waals surface area contributed by atoms with Crippen molar-refractivity contribution in [2.24, 2.45) is 0 Å². The number of hydroxylamine groups is 1. The molecule has 0 aromatic heterocycles. The van der Waals surface area contributed by atoms with Crippen molar-refractivity contribution in [1.29, 1.82) is 0 Å². The van der Waals surface area contributed by atoms with Crippen molar-refractivity contribution in [2.45, 2.75) is 12.8 Å². The van der Waals surface area contributed by atoms with Gasteiger partial charge in [0.25, 0.3) is 5.91 Å². The Balaban J connectivity index is 1.95. The molecule has 2 aromatic rings. The van der Waals surface area contributed by atoms with Gasteiger partial charge in [-0.25, -0.2) is 14.3 Å². The van der Waals surface area contributed by atoms with Crippen LogP contribution in [0.3, 0.4) is 0 Å². The van der Waals surface area contributed by atoms with Gasteiger partial charge in [-0.15, -0.1) is 6.58 Å². The molecule has 0 aliphatic carbocycles. The lowest BCUT2D eigenvalue weighted by Crippen LogP contribution is -2.25. The van der Waals surface area contributed by atoms with E-state index < -0.39 is 17.5 Å². The fourth-order valence-electron chi connectivity index (χ4n) is 2.63. The van der Waals surface area contributed by atoms with Gasteiger partial charge in [0.2, 0.25) is 0 Å². The number of carbonyl (C=O) groups excluding carboxylic acids is 1. The van der Waals surface area contributed by atoms with Crippen molar-refractivity contribution in [3.63, 3.8) is 0 Å². The second-order valence-electron chi connectivity index (χ2n) is 5.81. The Morgan fingerprint density at radius 3 is 2.93 bits per heavy atom. The highest BCUT2D eigenvalue weighted by atomic mass is 79.9. The van der Waals surface area contributed by atoms with Crippen LogP contribution in [0.25, 0.3) is 0 Å². The molecule has 3 rings (SSSR count). The van der Waals surface area contributed by atoms with E-state index in [-0.39, 0.29) is 29.3 Å². The Morgan fingerprint density at radius 2 is 2.19 bits per heavy atom. The van der Waals surface area contributed by atoms with Crippen LogP contribution in [0, 0.1) is 11.6 Å². The van der Waals surface area contributed by atoms with Gasteiger partial charge in [0.05, 0.1) is 30.2 Å². The van der Waals surface area contributed by atoms with E-state index in [2.05, 4.69) is 33.3 Å². The third kappa shape index (κ3) is 4.28. The summed E-state index contributed by atoms with van der Waals surface area (Å²) in [4.78, 5) is 17.6. The molecule has 1 heterocycles. The van der Waals surface area contributed by atoms with Crippen LogP contribution in [-0.4, -0.2) is 19.1 Å². The van der Waals surface area contributed by atoms with E-state index in [0.717, 1.165) is 0 Å². The van der Waals surface area contributed by atoms with Gasteiger partial charge in [-0.1, -0.05) is 22.0 Å². The molecule has 1 amide bonds. The lowest BCUT2D eigenvalue weighted by molar-refractivity contribution is 0.0330. The summed E-state index contributed by atoms with van der Waals surface area (Å²) in [6, 6.07) is 5.81. The van der Waals surface area contributed by atoms with Gasteiger partial charge >= 0.3 is 0 Å². The Kier molecular flexibility index (Phi) is 6.08. The van der Waals surface area contributed by atoms with Crippen molar-refractivity contribution in [1.82, 2.24) is 5.48 Å². The van der Waals surface area contributed by atoms with E-state index >= 15 is 0 Å². The van der Waals surface area contributed by atoms with Crippen molar-refractivity contribution in [3.05, 3.63) is 64.2 Å². The predicted molar refractivity (Wildman–Crippen MR) is 101 cm³/mol. The molecule has 142 valence electrons. The number of rotatable bonds is 7. The molecule has 0 bridgehead atoms. The Morgan fingerprint density at radius 1 is 1.37 bits per heavy atom. The average molecular weight is 439 g/mol. The highest BCUT2D eigenvalue weighted by Gasteiger charge is 2.27. The van der Waals surface area contributed by atoms with E-state index in [0.29, 0.717) is 29.5 Å². The van der Waals surface area contributed by atoms with E-state index in [1.54, 1.807) is 12.1 Å². The number of carbonyl (C=O) groups is 1. The number of benzene rings is 2. The average Bonchev–Trinajstić information content (AvgIpc) is 3.11. The van der Waals surface area contributed by atoms with E-state index in [4.69, 9.17) is 9.57 Å². The molecule has 5 nitrogen and oxygen atoms in total. The molecule has 2 aromatic carbocycles. The molecular formula is C19H17BrF2N2O3. The van der Waals surface area contributed by atoms with Gasteiger partial charge < -0.3 is 10.1 Å². The van der Waals surface area contributed by atoms with Gasteiger partial charge in [0.1, 0.15) is 5.82 Å². The first-order valence-corrected chi connectivity index (χ1v) is 9.04. The quantitative estimate of drug-likeness (QED) is 0.375. The van der Waals surface area contributed by atoms with Crippen LogP contribution in [0.5, 0.6) is 5.75 Å². The van der Waals surface area contributed by atoms with Gasteiger partial charge in [0.15, 0.2) is 11.6 Å². The van der Waals surface area contributed by atoms with Crippen molar-refractivity contribution in [2.75, 3.05) is 18.5 Å². The van der Waals surface area contributed by atoms with Crippen molar-refractivity contribution < 1.29 is 23.1 Å². The molecule has 27 heavy (non-hydrogen) atoms. The predicted octanol–water partition coefficient (Wildman–Crippen LogP) is 4.64. The van der Waals surface area contributed by atoms with Crippen molar-refractivity contribution >= 4 is 33.2 Å². The standard InChI is InChI=1S/C19H17BrF2N2O3/c1-2-3-7-27-24-19(25)13-9-11-6-8-26-18(11)16(22)17(13)23-15-5-4-12(20)10-14(15)21/h2,4-5,9-10,23H,1,3,6-8H2,(H,24,25). The van der Waals surface area contributed by atoms with Crippen LogP contribution in [0.2, 0.25) is 0 Å². The minimum atomic E-state index is -0.747. The number of nitrogens with one attached hydrogen (secondary N) is 2. The SMILES string of the molecule is C=CCCONC(=O)c1cc2c(c(F)c1Nc1ccc(Br)cc1F)OCC2. The van der Waals surface area contributed by atoms with E-state index in [1.165, 1.54) is 18.2 Å². The fraction of sp³-hybridized carbons (Fsp3) is 0.211. The summed E-state index contributed by atoms with van der Waals surface area (Å²) in [6.07, 6.45) is 2.67. The molecule has 0 unspecified atom stereocenters. The second kappa shape index (κ2) is 8.49. The first kappa shape index (κ1) is 19.3. The van der Waals surface area contributed by atoms with Crippen LogP contribution < -0.4 is 15.5 Å². The van der Waals surface area contributed by atoms with Crippen LogP contribution in [-0.2, 0) is 11.3 Å². The smallest absolute Gasteiger partial charge is 0.277 e. The lowest BCUT2D eigenvalue weighted by atomic mass is 10.0. The molecule has 0 spiro atoms. The number of anilines is 2. The summed E-state index contributed by atoms with van der Waals surface area (Å²) >= 11 is 3.17. The summed E-state index contributed by atoms with van der Waals surface area (Å²) < 4.78 is 35.0. The van der Waals surface area contributed by atoms with Crippen molar-refractivity contribution in [3.8, 4) is 5.75 Å². The molecule has 8 heteroatoms. The first-order valence-electron chi connectivity index (χ1n) is 8.24. The molecule has 0 atom stereocenters. The van der Waals surface area contributed by atoms with Gasteiger partial charge in [0, 0.05) is 16.5 Å². The Labute approximate surface area is 163 Å². The molecule has 0 radical (unpaired) electrons. The summed E-state index contributed by atoms with van der Waals surface area (Å²) in [7, 11) is 0. The first-order chi connectivity index (χ1) is 13.0. The molecular weight excluding hydrogens is 422 g/mol. The minimum absolute atomic E-state index is 0.00216. The topological polar surface area (TPSA) is 59.6 Å². The maximum Gasteiger partial charge on any atom is 0.277 e. The normalized spacial score (nSPS) is 12.3. The molecule has 0 saturated carbocycles. The van der Waals surface area contributed by atoms with Crippen LogP contribution in [0.15, 0.2) is 41.4 Å².